The van der Waals surface area contributed by atoms with Crippen LogP contribution in [0.25, 0.3) is 0 Å². The Morgan fingerprint density at radius 2 is 2.06 bits per heavy atom. The van der Waals surface area contributed by atoms with Crippen molar-refractivity contribution in [3.05, 3.63) is 24.3 Å². The first kappa shape index (κ1) is 13.2. The lowest BCUT2D eigenvalue weighted by Crippen LogP contribution is -2.43. The third kappa shape index (κ3) is 3.37. The number of benzene rings is 1. The molecule has 0 unspecified atom stereocenters. The van der Waals surface area contributed by atoms with Gasteiger partial charge < -0.3 is 20.3 Å². The summed E-state index contributed by atoms with van der Waals surface area (Å²) in [6.07, 6.45) is 0. The highest BCUT2D eigenvalue weighted by molar-refractivity contribution is 5.58. The molecule has 0 saturated carbocycles. The fourth-order valence-electron chi connectivity index (χ4n) is 2.04. The largest absolute Gasteiger partial charge is 0.490 e. The average Bonchev–Trinajstić information content (AvgIpc) is 2.46. The predicted molar refractivity (Wildman–Crippen MR) is 75.5 cm³/mol. The molecular weight excluding hydrogens is 226 g/mol. The van der Waals surface area contributed by atoms with Crippen LogP contribution in [0.1, 0.15) is 6.92 Å². The molecule has 1 aromatic carbocycles. The second-order valence-corrected chi connectivity index (χ2v) is 4.71. The molecule has 4 nitrogen and oxygen atoms in total. The van der Waals surface area contributed by atoms with Gasteiger partial charge in [0, 0.05) is 32.2 Å². The molecule has 1 aliphatic heterocycles. The standard InChI is InChI=1S/C14H23N3O/c1-12(15-2)11-18-14-6-4-3-5-13(14)17-9-7-16-8-10-17/h3-6,12,15-16H,7-11H2,1-2H3/t12-/m1/s1. The second kappa shape index (κ2) is 6.61. The van der Waals surface area contributed by atoms with Crippen LogP contribution in [0.2, 0.25) is 0 Å². The molecule has 2 rings (SSSR count). The van der Waals surface area contributed by atoms with Crippen LogP contribution in [0.15, 0.2) is 24.3 Å². The summed E-state index contributed by atoms with van der Waals surface area (Å²) in [7, 11) is 1.95. The van der Waals surface area contributed by atoms with Crippen LogP contribution in [0.3, 0.4) is 0 Å². The third-order valence-corrected chi connectivity index (χ3v) is 3.30. The van der Waals surface area contributed by atoms with Gasteiger partial charge in [-0.3, -0.25) is 0 Å². The van der Waals surface area contributed by atoms with Crippen molar-refractivity contribution in [3.63, 3.8) is 0 Å². The number of para-hydroxylation sites is 2. The zero-order chi connectivity index (χ0) is 12.8. The van der Waals surface area contributed by atoms with Crippen LogP contribution in [0.5, 0.6) is 5.75 Å². The summed E-state index contributed by atoms with van der Waals surface area (Å²) in [6, 6.07) is 8.67. The highest BCUT2D eigenvalue weighted by atomic mass is 16.5. The SMILES string of the molecule is CN[C@H](C)COc1ccccc1N1CCNCC1. The summed E-state index contributed by atoms with van der Waals surface area (Å²) in [4.78, 5) is 2.38. The van der Waals surface area contributed by atoms with E-state index in [1.165, 1.54) is 5.69 Å². The van der Waals surface area contributed by atoms with Gasteiger partial charge in [0.2, 0.25) is 0 Å². The van der Waals surface area contributed by atoms with Crippen molar-refractivity contribution in [1.82, 2.24) is 10.6 Å². The molecular formula is C14H23N3O. The maximum absolute atomic E-state index is 5.92. The first-order valence-electron chi connectivity index (χ1n) is 6.66. The molecule has 1 saturated heterocycles. The summed E-state index contributed by atoms with van der Waals surface area (Å²) in [6.45, 7) is 6.99. The monoisotopic (exact) mass is 249 g/mol. The minimum absolute atomic E-state index is 0.362. The summed E-state index contributed by atoms with van der Waals surface area (Å²) in [5, 5.41) is 6.56. The molecule has 2 N–H and O–H groups in total. The van der Waals surface area contributed by atoms with Gasteiger partial charge in [-0.1, -0.05) is 12.1 Å². The first-order valence-corrected chi connectivity index (χ1v) is 6.66. The maximum Gasteiger partial charge on any atom is 0.142 e. The van der Waals surface area contributed by atoms with Crippen molar-refractivity contribution in [2.45, 2.75) is 13.0 Å². The van der Waals surface area contributed by atoms with E-state index >= 15 is 0 Å². The number of likely N-dealkylation sites (N-methyl/N-ethyl adjacent to an activating group) is 1. The maximum atomic E-state index is 5.92. The molecule has 0 spiro atoms. The Balaban J connectivity index is 2.04. The lowest BCUT2D eigenvalue weighted by Gasteiger charge is -2.31. The Morgan fingerprint density at radius 3 is 2.78 bits per heavy atom. The lowest BCUT2D eigenvalue weighted by atomic mass is 10.2. The van der Waals surface area contributed by atoms with E-state index in [4.69, 9.17) is 4.74 Å². The quantitative estimate of drug-likeness (QED) is 0.819. The van der Waals surface area contributed by atoms with Crippen molar-refractivity contribution in [1.29, 1.82) is 0 Å². The van der Waals surface area contributed by atoms with Gasteiger partial charge in [-0.2, -0.15) is 0 Å². The predicted octanol–water partition coefficient (Wildman–Crippen LogP) is 1.08. The van der Waals surface area contributed by atoms with Gasteiger partial charge in [0.05, 0.1) is 5.69 Å². The minimum atomic E-state index is 0.362. The highest BCUT2D eigenvalue weighted by Crippen LogP contribution is 2.28. The number of anilines is 1. The fraction of sp³-hybridized carbons (Fsp3) is 0.571. The molecule has 1 aliphatic rings. The van der Waals surface area contributed by atoms with Crippen molar-refractivity contribution in [2.75, 3.05) is 44.7 Å². The Hall–Kier alpha value is -1.26. The molecule has 1 aromatic rings. The molecule has 0 aromatic heterocycles. The molecule has 1 heterocycles. The van der Waals surface area contributed by atoms with E-state index in [1.54, 1.807) is 0 Å². The molecule has 18 heavy (non-hydrogen) atoms. The van der Waals surface area contributed by atoms with Gasteiger partial charge >= 0.3 is 0 Å². The van der Waals surface area contributed by atoms with Crippen molar-refractivity contribution < 1.29 is 4.74 Å². The number of nitrogens with one attached hydrogen (secondary N) is 2. The third-order valence-electron chi connectivity index (χ3n) is 3.30. The molecule has 0 bridgehead atoms. The van der Waals surface area contributed by atoms with Crippen molar-refractivity contribution >= 4 is 5.69 Å². The summed E-state index contributed by atoms with van der Waals surface area (Å²) >= 11 is 0. The molecule has 0 amide bonds. The van der Waals surface area contributed by atoms with Gasteiger partial charge in [0.1, 0.15) is 12.4 Å². The number of hydrogen-bond acceptors (Lipinski definition) is 4. The van der Waals surface area contributed by atoms with Gasteiger partial charge in [-0.25, -0.2) is 0 Å². The van der Waals surface area contributed by atoms with E-state index in [9.17, 15) is 0 Å². The zero-order valence-electron chi connectivity index (χ0n) is 11.3. The van der Waals surface area contributed by atoms with Crippen molar-refractivity contribution in [2.24, 2.45) is 0 Å². The van der Waals surface area contributed by atoms with E-state index in [0.29, 0.717) is 12.6 Å². The van der Waals surface area contributed by atoms with E-state index in [-0.39, 0.29) is 0 Å². The normalized spacial score (nSPS) is 17.6. The van der Waals surface area contributed by atoms with Crippen LogP contribution in [-0.2, 0) is 0 Å². The Kier molecular flexibility index (Phi) is 4.84. The Morgan fingerprint density at radius 1 is 1.33 bits per heavy atom. The van der Waals surface area contributed by atoms with Crippen LogP contribution >= 0.6 is 0 Å². The van der Waals surface area contributed by atoms with Crippen molar-refractivity contribution in [3.8, 4) is 5.75 Å². The Bertz CT molecular complexity index is 364. The number of hydrogen-bond donors (Lipinski definition) is 2. The lowest BCUT2D eigenvalue weighted by molar-refractivity contribution is 0.280. The van der Waals surface area contributed by atoms with Gasteiger partial charge in [0.25, 0.3) is 0 Å². The van der Waals surface area contributed by atoms with Gasteiger partial charge in [-0.15, -0.1) is 0 Å². The van der Waals surface area contributed by atoms with E-state index in [0.717, 1.165) is 31.9 Å². The summed E-state index contributed by atoms with van der Waals surface area (Å²) < 4.78 is 5.92. The Labute approximate surface area is 109 Å². The minimum Gasteiger partial charge on any atom is -0.490 e. The van der Waals surface area contributed by atoms with Crippen LogP contribution in [0.4, 0.5) is 5.69 Å². The van der Waals surface area contributed by atoms with E-state index in [2.05, 4.69) is 40.7 Å². The number of nitrogens with zero attached hydrogens (tertiary/aromatic N) is 1. The molecule has 0 radical (unpaired) electrons. The molecule has 1 fully saturated rings. The molecule has 100 valence electrons. The van der Waals surface area contributed by atoms with Crippen LogP contribution in [0, 0.1) is 0 Å². The molecule has 0 aliphatic carbocycles. The smallest absolute Gasteiger partial charge is 0.142 e. The molecule has 1 atom stereocenters. The van der Waals surface area contributed by atoms with E-state index in [1.807, 2.05) is 13.1 Å². The fourth-order valence-corrected chi connectivity index (χ4v) is 2.04. The van der Waals surface area contributed by atoms with E-state index < -0.39 is 0 Å². The summed E-state index contributed by atoms with van der Waals surface area (Å²) in [5.41, 5.74) is 1.21. The summed E-state index contributed by atoms with van der Waals surface area (Å²) in [5.74, 6) is 0.988. The number of piperazine rings is 1. The van der Waals surface area contributed by atoms with Crippen LogP contribution in [-0.4, -0.2) is 45.9 Å². The first-order chi connectivity index (χ1) is 8.81. The van der Waals surface area contributed by atoms with Crippen LogP contribution < -0.4 is 20.3 Å². The highest BCUT2D eigenvalue weighted by Gasteiger charge is 2.14. The number of ether oxygens (including phenoxy) is 1. The molecule has 4 heteroatoms. The van der Waals surface area contributed by atoms with Gasteiger partial charge in [0.15, 0.2) is 0 Å². The average molecular weight is 249 g/mol. The zero-order valence-corrected chi connectivity index (χ0v) is 11.3. The number of rotatable bonds is 5. The topological polar surface area (TPSA) is 36.5 Å². The van der Waals surface area contributed by atoms with Gasteiger partial charge in [-0.05, 0) is 26.1 Å². The second-order valence-electron chi connectivity index (χ2n) is 4.71.